The molecule has 180 valence electrons. The Morgan fingerprint density at radius 1 is 1.03 bits per heavy atom. The number of aryl methyl sites for hydroxylation is 2. The van der Waals surface area contributed by atoms with E-state index >= 15 is 0 Å². The Bertz CT molecular complexity index is 1230. The summed E-state index contributed by atoms with van der Waals surface area (Å²) in [5.74, 6) is -0.294. The monoisotopic (exact) mass is 460 g/mol. The van der Waals surface area contributed by atoms with Gasteiger partial charge in [-0.15, -0.1) is 0 Å². The van der Waals surface area contributed by atoms with Crippen LogP contribution in [0.5, 0.6) is 0 Å². The van der Waals surface area contributed by atoms with E-state index in [-0.39, 0.29) is 28.6 Å². The third-order valence-electron chi connectivity index (χ3n) is 6.83. The van der Waals surface area contributed by atoms with E-state index in [1.165, 1.54) is 36.5 Å². The minimum absolute atomic E-state index is 0.0601. The number of hydrogen-bond donors (Lipinski definition) is 1. The summed E-state index contributed by atoms with van der Waals surface area (Å²) in [6, 6.07) is 13.9. The van der Waals surface area contributed by atoms with E-state index in [1.54, 1.807) is 0 Å². The number of likely N-dealkylation sites (tertiary alicyclic amines) is 1. The molecule has 2 aromatic carbocycles. The molecule has 1 saturated heterocycles. The molecule has 0 unspecified atom stereocenters. The first-order valence-electron chi connectivity index (χ1n) is 12.3. The zero-order valence-electron chi connectivity index (χ0n) is 21.0. The van der Waals surface area contributed by atoms with E-state index in [2.05, 4.69) is 55.3 Å². The quantitative estimate of drug-likeness (QED) is 0.533. The van der Waals surface area contributed by atoms with Crippen molar-refractivity contribution in [3.8, 4) is 0 Å². The second-order valence-electron chi connectivity index (χ2n) is 10.6. The van der Waals surface area contributed by atoms with Crippen molar-refractivity contribution in [3.05, 3.63) is 80.7 Å². The average molecular weight is 461 g/mol. The van der Waals surface area contributed by atoms with Crippen molar-refractivity contribution in [2.45, 2.75) is 65.3 Å². The van der Waals surface area contributed by atoms with Gasteiger partial charge in [-0.05, 0) is 73.5 Å². The van der Waals surface area contributed by atoms with Gasteiger partial charge < -0.3 is 9.73 Å². The molecule has 1 atom stereocenters. The van der Waals surface area contributed by atoms with Gasteiger partial charge >= 0.3 is 0 Å². The summed E-state index contributed by atoms with van der Waals surface area (Å²) in [6.07, 6.45) is 3.59. The Morgan fingerprint density at radius 3 is 2.35 bits per heavy atom. The first-order valence-corrected chi connectivity index (χ1v) is 12.3. The molecule has 1 N–H and O–H groups in total. The van der Waals surface area contributed by atoms with Crippen LogP contribution in [-0.4, -0.2) is 30.4 Å². The molecular formula is C29H36N2O3. The number of rotatable bonds is 5. The smallest absolute Gasteiger partial charge is 0.287 e. The zero-order chi connectivity index (χ0) is 24.5. The van der Waals surface area contributed by atoms with Gasteiger partial charge in [0, 0.05) is 12.6 Å². The SMILES string of the molecule is Cc1cc(C)c2oc(C(=O)NC[C@H](c3ccc(C(C)(C)C)cc3)N3CCCCC3)cc(=O)c2c1. The number of fused-ring (bicyclic) bond motifs is 1. The molecule has 4 rings (SSSR count). The van der Waals surface area contributed by atoms with E-state index in [4.69, 9.17) is 4.42 Å². The van der Waals surface area contributed by atoms with Crippen molar-refractivity contribution < 1.29 is 9.21 Å². The minimum atomic E-state index is -0.354. The number of benzene rings is 2. The molecule has 0 aliphatic carbocycles. The van der Waals surface area contributed by atoms with Crippen LogP contribution in [0, 0.1) is 13.8 Å². The fraction of sp³-hybridized carbons (Fsp3) is 0.448. The predicted molar refractivity (Wildman–Crippen MR) is 138 cm³/mol. The molecule has 1 aliphatic rings. The van der Waals surface area contributed by atoms with Crippen molar-refractivity contribution in [3.63, 3.8) is 0 Å². The molecule has 1 fully saturated rings. The third kappa shape index (κ3) is 5.25. The van der Waals surface area contributed by atoms with Gasteiger partial charge in [0.15, 0.2) is 11.2 Å². The second kappa shape index (κ2) is 9.75. The third-order valence-corrected chi connectivity index (χ3v) is 6.83. The first kappa shape index (κ1) is 24.2. The summed E-state index contributed by atoms with van der Waals surface area (Å²) in [5.41, 5.74) is 4.72. The lowest BCUT2D eigenvalue weighted by Gasteiger charge is -2.35. The number of amides is 1. The van der Waals surface area contributed by atoms with Crippen LogP contribution in [0.25, 0.3) is 11.0 Å². The molecule has 1 amide bonds. The summed E-state index contributed by atoms with van der Waals surface area (Å²) in [6.45, 7) is 13.0. The minimum Gasteiger partial charge on any atom is -0.450 e. The number of carbonyl (C=O) groups is 1. The zero-order valence-corrected chi connectivity index (χ0v) is 21.0. The fourth-order valence-corrected chi connectivity index (χ4v) is 4.89. The topological polar surface area (TPSA) is 62.6 Å². The van der Waals surface area contributed by atoms with Gasteiger partial charge in [-0.25, -0.2) is 0 Å². The molecule has 1 aromatic heterocycles. The molecule has 5 nitrogen and oxygen atoms in total. The highest BCUT2D eigenvalue weighted by molar-refractivity contribution is 5.93. The Labute approximate surface area is 202 Å². The molecular weight excluding hydrogens is 424 g/mol. The van der Waals surface area contributed by atoms with Crippen molar-refractivity contribution in [2.75, 3.05) is 19.6 Å². The molecule has 5 heteroatoms. The molecule has 0 spiro atoms. The van der Waals surface area contributed by atoms with Gasteiger partial charge in [0.2, 0.25) is 0 Å². The van der Waals surface area contributed by atoms with Crippen LogP contribution in [0.4, 0.5) is 0 Å². The van der Waals surface area contributed by atoms with Crippen molar-refractivity contribution >= 4 is 16.9 Å². The van der Waals surface area contributed by atoms with Gasteiger partial charge in [0.25, 0.3) is 5.91 Å². The maximum Gasteiger partial charge on any atom is 0.287 e. The Kier molecular flexibility index (Phi) is 6.94. The van der Waals surface area contributed by atoms with Crippen molar-refractivity contribution in [1.29, 1.82) is 0 Å². The van der Waals surface area contributed by atoms with Crippen LogP contribution in [-0.2, 0) is 5.41 Å². The Balaban J connectivity index is 1.57. The van der Waals surface area contributed by atoms with E-state index in [9.17, 15) is 9.59 Å². The second-order valence-corrected chi connectivity index (χ2v) is 10.6. The number of nitrogens with one attached hydrogen (secondary N) is 1. The van der Waals surface area contributed by atoms with Gasteiger partial charge in [-0.3, -0.25) is 14.5 Å². The van der Waals surface area contributed by atoms with Gasteiger partial charge in [0.1, 0.15) is 5.58 Å². The van der Waals surface area contributed by atoms with Crippen LogP contribution in [0.3, 0.4) is 0 Å². The fourth-order valence-electron chi connectivity index (χ4n) is 4.89. The number of piperidine rings is 1. The van der Waals surface area contributed by atoms with E-state index < -0.39 is 0 Å². The Hall–Kier alpha value is -2.92. The maximum absolute atomic E-state index is 13.1. The molecule has 34 heavy (non-hydrogen) atoms. The van der Waals surface area contributed by atoms with Crippen LogP contribution in [0.2, 0.25) is 0 Å². The lowest BCUT2D eigenvalue weighted by atomic mass is 9.86. The summed E-state index contributed by atoms with van der Waals surface area (Å²) in [5, 5.41) is 3.56. The van der Waals surface area contributed by atoms with E-state index in [1.807, 2.05) is 26.0 Å². The highest BCUT2D eigenvalue weighted by atomic mass is 16.3. The molecule has 0 bridgehead atoms. The molecule has 0 saturated carbocycles. The summed E-state index contributed by atoms with van der Waals surface area (Å²) >= 11 is 0. The Morgan fingerprint density at radius 2 is 1.71 bits per heavy atom. The number of carbonyl (C=O) groups excluding carboxylic acids is 1. The highest BCUT2D eigenvalue weighted by Gasteiger charge is 2.24. The van der Waals surface area contributed by atoms with Crippen LogP contribution in [0.15, 0.2) is 51.7 Å². The number of hydrogen-bond acceptors (Lipinski definition) is 4. The van der Waals surface area contributed by atoms with E-state index in [0.29, 0.717) is 17.5 Å². The molecule has 0 radical (unpaired) electrons. The van der Waals surface area contributed by atoms with Gasteiger partial charge in [-0.2, -0.15) is 0 Å². The van der Waals surface area contributed by atoms with E-state index in [0.717, 1.165) is 24.2 Å². The van der Waals surface area contributed by atoms with Crippen LogP contribution >= 0.6 is 0 Å². The standard InChI is InChI=1S/C29H36N2O3/c1-19-15-20(2)27-23(16-19)25(32)17-26(34-27)28(33)30-18-24(31-13-7-6-8-14-31)21-9-11-22(12-10-21)29(3,4)5/h9-12,15-17,24H,6-8,13-14,18H2,1-5H3,(H,30,33)/t24-/m1/s1. The van der Waals surface area contributed by atoms with Gasteiger partial charge in [0.05, 0.1) is 11.4 Å². The van der Waals surface area contributed by atoms with Gasteiger partial charge in [-0.1, -0.05) is 57.5 Å². The lowest BCUT2D eigenvalue weighted by Crippen LogP contribution is -2.40. The van der Waals surface area contributed by atoms with Crippen molar-refractivity contribution in [2.24, 2.45) is 0 Å². The molecule has 2 heterocycles. The van der Waals surface area contributed by atoms with Crippen LogP contribution < -0.4 is 10.7 Å². The number of nitrogens with zero attached hydrogens (tertiary/aromatic N) is 1. The maximum atomic E-state index is 13.1. The molecule has 3 aromatic rings. The summed E-state index contributed by atoms with van der Waals surface area (Å²) in [7, 11) is 0. The lowest BCUT2D eigenvalue weighted by molar-refractivity contribution is 0.0897. The van der Waals surface area contributed by atoms with Crippen molar-refractivity contribution in [1.82, 2.24) is 10.2 Å². The summed E-state index contributed by atoms with van der Waals surface area (Å²) < 4.78 is 5.90. The first-order chi connectivity index (χ1) is 16.1. The summed E-state index contributed by atoms with van der Waals surface area (Å²) in [4.78, 5) is 28.2. The average Bonchev–Trinajstić information content (AvgIpc) is 2.80. The largest absolute Gasteiger partial charge is 0.450 e. The normalized spacial score (nSPS) is 15.9. The predicted octanol–water partition coefficient (Wildman–Crippen LogP) is 5.66. The molecule has 1 aliphatic heterocycles. The van der Waals surface area contributed by atoms with Crippen LogP contribution in [0.1, 0.15) is 78.9 Å². The highest BCUT2D eigenvalue weighted by Crippen LogP contribution is 2.28.